The summed E-state index contributed by atoms with van der Waals surface area (Å²) in [4.78, 5) is 12.0. The van der Waals surface area contributed by atoms with Crippen LogP contribution >= 0.6 is 0 Å². The maximum atomic E-state index is 12.0. The zero-order chi connectivity index (χ0) is 11.0. The average Bonchev–Trinajstić information content (AvgIpc) is 2.52. The standard InChI is InChI=1S/C12H7N3O/c16-12-9-6-4-2-1-3-5-8(9)10-7-13-15-14-11(10)12/h1-7H. The van der Waals surface area contributed by atoms with E-state index in [1.54, 1.807) is 12.3 Å². The van der Waals surface area contributed by atoms with E-state index < -0.39 is 0 Å². The van der Waals surface area contributed by atoms with Gasteiger partial charge in [0.05, 0.1) is 6.20 Å². The molecule has 76 valence electrons. The minimum absolute atomic E-state index is 0.0869. The van der Waals surface area contributed by atoms with E-state index in [9.17, 15) is 4.79 Å². The molecule has 0 unspecified atom stereocenters. The largest absolute Gasteiger partial charge is 0.287 e. The van der Waals surface area contributed by atoms with E-state index in [0.29, 0.717) is 10.7 Å². The third-order valence-corrected chi connectivity index (χ3v) is 2.54. The third kappa shape index (κ3) is 1.16. The number of fused-ring (bicyclic) bond motifs is 2. The second-order valence-corrected chi connectivity index (χ2v) is 3.46. The van der Waals surface area contributed by atoms with Gasteiger partial charge in [-0.05, 0) is 10.4 Å². The first-order chi connectivity index (χ1) is 7.88. The van der Waals surface area contributed by atoms with Crippen LogP contribution in [0.15, 0.2) is 47.4 Å². The minimum Gasteiger partial charge on any atom is -0.287 e. The molecule has 1 aromatic heterocycles. The fourth-order valence-electron chi connectivity index (χ4n) is 1.81. The lowest BCUT2D eigenvalue weighted by molar-refractivity contribution is 0.895. The van der Waals surface area contributed by atoms with Gasteiger partial charge in [0, 0.05) is 10.6 Å². The molecule has 0 bridgehead atoms. The number of rotatable bonds is 0. The Hall–Kier alpha value is -2.36. The fraction of sp³-hybridized carbons (Fsp3) is 0. The molecule has 0 aromatic carbocycles. The highest BCUT2D eigenvalue weighted by molar-refractivity contribution is 5.79. The van der Waals surface area contributed by atoms with Crippen LogP contribution in [-0.4, -0.2) is 15.4 Å². The van der Waals surface area contributed by atoms with Crippen LogP contribution in [0.5, 0.6) is 0 Å². The molecular formula is C12H7N3O. The summed E-state index contributed by atoms with van der Waals surface area (Å²) >= 11 is 0. The molecule has 0 fully saturated rings. The van der Waals surface area contributed by atoms with Gasteiger partial charge in [-0.3, -0.25) is 4.79 Å². The van der Waals surface area contributed by atoms with Gasteiger partial charge >= 0.3 is 0 Å². The van der Waals surface area contributed by atoms with Crippen LogP contribution in [0.3, 0.4) is 0 Å². The van der Waals surface area contributed by atoms with Gasteiger partial charge in [0.1, 0.15) is 5.52 Å². The van der Waals surface area contributed by atoms with E-state index in [4.69, 9.17) is 0 Å². The first-order valence-electron chi connectivity index (χ1n) is 4.87. The molecule has 0 radical (unpaired) electrons. The van der Waals surface area contributed by atoms with Gasteiger partial charge in [0.25, 0.3) is 0 Å². The van der Waals surface area contributed by atoms with Crippen molar-refractivity contribution in [1.29, 1.82) is 0 Å². The van der Waals surface area contributed by atoms with Gasteiger partial charge in [0.2, 0.25) is 5.43 Å². The van der Waals surface area contributed by atoms with Crippen molar-refractivity contribution in [2.75, 3.05) is 0 Å². The lowest BCUT2D eigenvalue weighted by atomic mass is 10.2. The SMILES string of the molecule is O=c1c2ccccccc=2c2cnnnc12. The van der Waals surface area contributed by atoms with Crippen molar-refractivity contribution in [2.45, 2.75) is 0 Å². The topological polar surface area (TPSA) is 55.7 Å². The quantitative estimate of drug-likeness (QED) is 0.556. The minimum atomic E-state index is -0.0869. The van der Waals surface area contributed by atoms with Crippen molar-refractivity contribution < 1.29 is 0 Å². The maximum Gasteiger partial charge on any atom is 0.214 e. The van der Waals surface area contributed by atoms with E-state index in [0.717, 1.165) is 10.6 Å². The van der Waals surface area contributed by atoms with Crippen molar-refractivity contribution in [3.63, 3.8) is 0 Å². The molecule has 1 aromatic rings. The molecule has 3 rings (SSSR count). The van der Waals surface area contributed by atoms with Crippen LogP contribution in [-0.2, 0) is 0 Å². The van der Waals surface area contributed by atoms with Gasteiger partial charge in [-0.2, -0.15) is 0 Å². The molecule has 2 aliphatic carbocycles. The van der Waals surface area contributed by atoms with Crippen LogP contribution in [0.2, 0.25) is 0 Å². The normalized spacial score (nSPS) is 10.8. The van der Waals surface area contributed by atoms with Crippen LogP contribution in [0.25, 0.3) is 10.9 Å². The Morgan fingerprint density at radius 1 is 0.938 bits per heavy atom. The molecule has 16 heavy (non-hydrogen) atoms. The van der Waals surface area contributed by atoms with Gasteiger partial charge in [-0.1, -0.05) is 36.4 Å². The Bertz CT molecular complexity index is 785. The molecule has 0 saturated heterocycles. The molecule has 1 heterocycles. The van der Waals surface area contributed by atoms with Crippen molar-refractivity contribution in [2.24, 2.45) is 0 Å². The maximum absolute atomic E-state index is 12.0. The summed E-state index contributed by atoms with van der Waals surface area (Å²) in [5.41, 5.74) is 0.298. The number of hydrogen-bond donors (Lipinski definition) is 0. The van der Waals surface area contributed by atoms with Crippen molar-refractivity contribution in [3.05, 3.63) is 63.3 Å². The van der Waals surface area contributed by atoms with E-state index in [1.165, 1.54) is 0 Å². The first kappa shape index (κ1) is 8.91. The highest BCUT2D eigenvalue weighted by Crippen LogP contribution is 2.09. The van der Waals surface area contributed by atoms with Gasteiger partial charge in [-0.25, -0.2) is 0 Å². The van der Waals surface area contributed by atoms with Gasteiger partial charge in [-0.15, -0.1) is 10.2 Å². The average molecular weight is 209 g/mol. The summed E-state index contributed by atoms with van der Waals surface area (Å²) < 4.78 is 0. The lowest BCUT2D eigenvalue weighted by Crippen LogP contribution is -1.99. The van der Waals surface area contributed by atoms with E-state index in [2.05, 4.69) is 15.4 Å². The summed E-state index contributed by atoms with van der Waals surface area (Å²) in [5.74, 6) is 0. The molecule has 4 nitrogen and oxygen atoms in total. The molecule has 0 N–H and O–H groups in total. The summed E-state index contributed by atoms with van der Waals surface area (Å²) in [6.45, 7) is 0. The zero-order valence-corrected chi connectivity index (χ0v) is 8.29. The summed E-state index contributed by atoms with van der Waals surface area (Å²) in [6.07, 6.45) is 1.58. The van der Waals surface area contributed by atoms with Gasteiger partial charge < -0.3 is 0 Å². The highest BCUT2D eigenvalue weighted by Gasteiger charge is 2.06. The Balaban J connectivity index is 2.75. The van der Waals surface area contributed by atoms with E-state index >= 15 is 0 Å². The van der Waals surface area contributed by atoms with Crippen molar-refractivity contribution in [1.82, 2.24) is 15.4 Å². The fourth-order valence-corrected chi connectivity index (χ4v) is 1.81. The zero-order valence-electron chi connectivity index (χ0n) is 8.29. The lowest BCUT2D eigenvalue weighted by Gasteiger charge is -1.83. The van der Waals surface area contributed by atoms with Gasteiger partial charge in [0.15, 0.2) is 0 Å². The van der Waals surface area contributed by atoms with Crippen molar-refractivity contribution >= 4 is 10.9 Å². The van der Waals surface area contributed by atoms with E-state index in [1.807, 2.05) is 30.3 Å². The number of hydrogen-bond acceptors (Lipinski definition) is 4. The monoisotopic (exact) mass is 209 g/mol. The summed E-state index contributed by atoms with van der Waals surface area (Å²) in [6, 6.07) is 11.2. The third-order valence-electron chi connectivity index (χ3n) is 2.54. The number of nitrogens with zero attached hydrogens (tertiary/aromatic N) is 3. The molecule has 2 aliphatic rings. The Morgan fingerprint density at radius 2 is 1.69 bits per heavy atom. The van der Waals surface area contributed by atoms with Crippen LogP contribution in [0, 0.1) is 10.4 Å². The molecule has 0 saturated carbocycles. The predicted molar refractivity (Wildman–Crippen MR) is 58.9 cm³/mol. The second-order valence-electron chi connectivity index (χ2n) is 3.46. The second kappa shape index (κ2) is 3.34. The van der Waals surface area contributed by atoms with Crippen LogP contribution in [0.4, 0.5) is 0 Å². The molecule has 0 amide bonds. The smallest absolute Gasteiger partial charge is 0.214 e. The van der Waals surface area contributed by atoms with E-state index in [-0.39, 0.29) is 5.43 Å². The Kier molecular flexibility index (Phi) is 1.86. The van der Waals surface area contributed by atoms with Crippen LogP contribution in [0.1, 0.15) is 0 Å². The molecule has 4 heteroatoms. The predicted octanol–water partition coefficient (Wildman–Crippen LogP) is 1.11. The van der Waals surface area contributed by atoms with Crippen molar-refractivity contribution in [3.8, 4) is 0 Å². The molecule has 0 aliphatic heterocycles. The Labute approximate surface area is 90.2 Å². The van der Waals surface area contributed by atoms with Crippen LogP contribution < -0.4 is 5.43 Å². The molecule has 0 atom stereocenters. The summed E-state index contributed by atoms with van der Waals surface area (Å²) in [5, 5.41) is 13.3. The highest BCUT2D eigenvalue weighted by atomic mass is 16.1. The first-order valence-corrected chi connectivity index (χ1v) is 4.87. The molecular weight excluding hydrogens is 202 g/mol. The molecule has 0 spiro atoms. The summed E-state index contributed by atoms with van der Waals surface area (Å²) in [7, 11) is 0. The number of aromatic nitrogens is 3. The Morgan fingerprint density at radius 3 is 2.50 bits per heavy atom.